The molecule has 0 aromatic heterocycles. The number of benzene rings is 2. The number of carboxylic acid groups (broad SMARTS) is 1. The third-order valence-electron chi connectivity index (χ3n) is 4.23. The standard InChI is InChI=1S/C22H23N3O6/c1-14(2)11-19(22(28)29)24-21(27)18(23-20(26)16-8-4-3-5-9-16)13-15-7-6-10-17(12-15)25(30)31/h3-10,12-14,19H,11H2,1-2H3,(H,23,26)(H,24,27)(H,28,29)/b18-13+. The lowest BCUT2D eigenvalue weighted by Crippen LogP contribution is -2.45. The Labute approximate surface area is 178 Å². The minimum atomic E-state index is -1.20. The molecule has 0 aliphatic rings. The molecule has 1 atom stereocenters. The Kier molecular flexibility index (Phi) is 8.01. The van der Waals surface area contributed by atoms with E-state index in [1.165, 1.54) is 30.3 Å². The van der Waals surface area contributed by atoms with E-state index in [2.05, 4.69) is 10.6 Å². The summed E-state index contributed by atoms with van der Waals surface area (Å²) in [6.45, 7) is 3.64. The van der Waals surface area contributed by atoms with Gasteiger partial charge >= 0.3 is 5.97 Å². The molecule has 9 nitrogen and oxygen atoms in total. The molecular weight excluding hydrogens is 402 g/mol. The Hall–Kier alpha value is -4.01. The Morgan fingerprint density at radius 3 is 2.35 bits per heavy atom. The van der Waals surface area contributed by atoms with E-state index in [9.17, 15) is 29.6 Å². The highest BCUT2D eigenvalue weighted by atomic mass is 16.6. The van der Waals surface area contributed by atoms with Crippen LogP contribution in [-0.2, 0) is 9.59 Å². The lowest BCUT2D eigenvalue weighted by atomic mass is 10.0. The van der Waals surface area contributed by atoms with Gasteiger partial charge in [0, 0.05) is 17.7 Å². The lowest BCUT2D eigenvalue weighted by Gasteiger charge is -2.18. The van der Waals surface area contributed by atoms with E-state index in [0.717, 1.165) is 0 Å². The Morgan fingerprint density at radius 2 is 1.77 bits per heavy atom. The number of nitro groups is 1. The first-order valence-electron chi connectivity index (χ1n) is 9.53. The predicted octanol–water partition coefficient (Wildman–Crippen LogP) is 2.98. The van der Waals surface area contributed by atoms with Gasteiger partial charge < -0.3 is 15.7 Å². The number of aliphatic carboxylic acids is 1. The average molecular weight is 425 g/mol. The molecule has 0 aliphatic heterocycles. The number of hydrogen-bond acceptors (Lipinski definition) is 5. The van der Waals surface area contributed by atoms with Crippen molar-refractivity contribution in [1.82, 2.24) is 10.6 Å². The van der Waals surface area contributed by atoms with Crippen molar-refractivity contribution in [3.63, 3.8) is 0 Å². The van der Waals surface area contributed by atoms with Gasteiger partial charge in [-0.05, 0) is 36.1 Å². The highest BCUT2D eigenvalue weighted by Crippen LogP contribution is 2.16. The molecular formula is C22H23N3O6. The third-order valence-corrected chi connectivity index (χ3v) is 4.23. The SMILES string of the molecule is CC(C)CC(NC(=O)/C(=C\c1cccc([N+](=O)[O-])c1)NC(=O)c1ccccc1)C(=O)O. The maximum absolute atomic E-state index is 12.8. The Bertz CT molecular complexity index is 1000. The number of nitrogens with one attached hydrogen (secondary N) is 2. The molecule has 162 valence electrons. The maximum Gasteiger partial charge on any atom is 0.326 e. The molecule has 2 aromatic rings. The molecule has 2 rings (SSSR count). The van der Waals surface area contributed by atoms with Gasteiger partial charge in [0.15, 0.2) is 0 Å². The number of nitro benzene ring substituents is 1. The van der Waals surface area contributed by atoms with E-state index in [1.54, 1.807) is 30.3 Å². The zero-order chi connectivity index (χ0) is 23.0. The van der Waals surface area contributed by atoms with E-state index in [-0.39, 0.29) is 29.3 Å². The van der Waals surface area contributed by atoms with E-state index in [0.29, 0.717) is 5.56 Å². The minimum absolute atomic E-state index is 0.00418. The van der Waals surface area contributed by atoms with Crippen LogP contribution >= 0.6 is 0 Å². The molecule has 0 heterocycles. The van der Waals surface area contributed by atoms with Gasteiger partial charge in [-0.15, -0.1) is 0 Å². The number of carbonyl (C=O) groups excluding carboxylic acids is 2. The van der Waals surface area contributed by atoms with Crippen molar-refractivity contribution in [3.05, 3.63) is 81.5 Å². The van der Waals surface area contributed by atoms with Gasteiger partial charge in [-0.2, -0.15) is 0 Å². The van der Waals surface area contributed by atoms with Crippen molar-refractivity contribution in [1.29, 1.82) is 0 Å². The largest absolute Gasteiger partial charge is 0.480 e. The summed E-state index contributed by atoms with van der Waals surface area (Å²) in [4.78, 5) is 47.4. The average Bonchev–Trinajstić information content (AvgIpc) is 2.73. The first kappa shape index (κ1) is 23.3. The van der Waals surface area contributed by atoms with Gasteiger partial charge in [0.25, 0.3) is 17.5 Å². The molecule has 31 heavy (non-hydrogen) atoms. The molecule has 0 saturated carbocycles. The van der Waals surface area contributed by atoms with Gasteiger partial charge in [0.05, 0.1) is 4.92 Å². The van der Waals surface area contributed by atoms with E-state index >= 15 is 0 Å². The molecule has 0 aliphatic carbocycles. The second-order valence-electron chi connectivity index (χ2n) is 7.22. The van der Waals surface area contributed by atoms with Crippen LogP contribution < -0.4 is 10.6 Å². The summed E-state index contributed by atoms with van der Waals surface area (Å²) in [6.07, 6.45) is 1.45. The first-order valence-corrected chi connectivity index (χ1v) is 9.53. The molecule has 1 unspecified atom stereocenters. The fourth-order valence-electron chi connectivity index (χ4n) is 2.77. The van der Waals surface area contributed by atoms with Crippen LogP contribution in [0.25, 0.3) is 6.08 Å². The highest BCUT2D eigenvalue weighted by Gasteiger charge is 2.24. The number of carboxylic acids is 1. The number of rotatable bonds is 9. The fourth-order valence-corrected chi connectivity index (χ4v) is 2.77. The quantitative estimate of drug-likeness (QED) is 0.321. The van der Waals surface area contributed by atoms with E-state index in [1.807, 2.05) is 13.8 Å². The summed E-state index contributed by atoms with van der Waals surface area (Å²) in [5, 5.41) is 25.3. The van der Waals surface area contributed by atoms with Crippen LogP contribution in [0.4, 0.5) is 5.69 Å². The summed E-state index contributed by atoms with van der Waals surface area (Å²) in [7, 11) is 0. The Morgan fingerprint density at radius 1 is 1.10 bits per heavy atom. The van der Waals surface area contributed by atoms with E-state index < -0.39 is 28.7 Å². The van der Waals surface area contributed by atoms with Crippen molar-refractivity contribution < 1.29 is 24.4 Å². The lowest BCUT2D eigenvalue weighted by molar-refractivity contribution is -0.384. The van der Waals surface area contributed by atoms with E-state index in [4.69, 9.17) is 0 Å². The molecule has 3 N–H and O–H groups in total. The van der Waals surface area contributed by atoms with Crippen molar-refractivity contribution in [2.45, 2.75) is 26.3 Å². The van der Waals surface area contributed by atoms with Crippen LogP contribution in [-0.4, -0.2) is 33.9 Å². The molecule has 2 aromatic carbocycles. The van der Waals surface area contributed by atoms with Gasteiger partial charge in [0.2, 0.25) is 0 Å². The first-order chi connectivity index (χ1) is 14.7. The minimum Gasteiger partial charge on any atom is -0.480 e. The van der Waals surface area contributed by atoms with Crippen LogP contribution in [0.2, 0.25) is 0 Å². The second kappa shape index (κ2) is 10.7. The number of non-ortho nitro benzene ring substituents is 1. The van der Waals surface area contributed by atoms with Crippen LogP contribution in [0, 0.1) is 16.0 Å². The topological polar surface area (TPSA) is 139 Å². The van der Waals surface area contributed by atoms with Crippen LogP contribution in [0.15, 0.2) is 60.3 Å². The van der Waals surface area contributed by atoms with Gasteiger partial charge in [-0.25, -0.2) is 4.79 Å². The van der Waals surface area contributed by atoms with Crippen molar-refractivity contribution >= 4 is 29.5 Å². The van der Waals surface area contributed by atoms with Crippen molar-refractivity contribution in [3.8, 4) is 0 Å². The molecule has 9 heteroatoms. The summed E-state index contributed by atoms with van der Waals surface area (Å²) < 4.78 is 0. The zero-order valence-corrected chi connectivity index (χ0v) is 17.1. The number of carbonyl (C=O) groups is 3. The molecule has 0 fully saturated rings. The smallest absolute Gasteiger partial charge is 0.326 e. The molecule has 0 saturated heterocycles. The number of hydrogen-bond donors (Lipinski definition) is 3. The summed E-state index contributed by atoms with van der Waals surface area (Å²) >= 11 is 0. The Balaban J connectivity index is 2.38. The predicted molar refractivity (Wildman–Crippen MR) is 114 cm³/mol. The molecule has 2 amide bonds. The highest BCUT2D eigenvalue weighted by molar-refractivity contribution is 6.06. The second-order valence-corrected chi connectivity index (χ2v) is 7.22. The third kappa shape index (κ3) is 7.07. The number of nitrogens with zero attached hydrogens (tertiary/aromatic N) is 1. The van der Waals surface area contributed by atoms with Crippen LogP contribution in [0.5, 0.6) is 0 Å². The normalized spacial score (nSPS) is 12.2. The summed E-state index contributed by atoms with van der Waals surface area (Å²) in [5.74, 6) is -2.59. The summed E-state index contributed by atoms with van der Waals surface area (Å²) in [6, 6.07) is 12.5. The summed E-state index contributed by atoms with van der Waals surface area (Å²) in [5.41, 5.74) is 0.163. The van der Waals surface area contributed by atoms with Crippen LogP contribution in [0.3, 0.4) is 0 Å². The van der Waals surface area contributed by atoms with Crippen LogP contribution in [0.1, 0.15) is 36.2 Å². The molecule has 0 radical (unpaired) electrons. The monoisotopic (exact) mass is 425 g/mol. The van der Waals surface area contributed by atoms with Crippen molar-refractivity contribution in [2.24, 2.45) is 5.92 Å². The van der Waals surface area contributed by atoms with Gasteiger partial charge in [0.1, 0.15) is 11.7 Å². The zero-order valence-electron chi connectivity index (χ0n) is 17.1. The van der Waals surface area contributed by atoms with Crippen molar-refractivity contribution in [2.75, 3.05) is 0 Å². The van der Waals surface area contributed by atoms with Gasteiger partial charge in [-0.1, -0.05) is 44.2 Å². The maximum atomic E-state index is 12.8. The molecule has 0 bridgehead atoms. The number of amides is 2. The van der Waals surface area contributed by atoms with Gasteiger partial charge in [-0.3, -0.25) is 19.7 Å². The fraction of sp³-hybridized carbons (Fsp3) is 0.227. The molecule has 0 spiro atoms.